The van der Waals surface area contributed by atoms with Crippen LogP contribution in [0.15, 0.2) is 34.9 Å². The first-order chi connectivity index (χ1) is 10.6. The summed E-state index contributed by atoms with van der Waals surface area (Å²) in [6.45, 7) is 4.79. The van der Waals surface area contributed by atoms with Crippen molar-refractivity contribution in [3.63, 3.8) is 0 Å². The Morgan fingerprint density at radius 1 is 1.36 bits per heavy atom. The third kappa shape index (κ3) is 2.75. The smallest absolute Gasteiger partial charge is 0.254 e. The molecule has 0 aliphatic carbocycles. The van der Waals surface area contributed by atoms with Crippen LogP contribution in [0.3, 0.4) is 0 Å². The molecule has 4 nitrogen and oxygen atoms in total. The molecule has 1 aliphatic heterocycles. The third-order valence-corrected chi connectivity index (χ3v) is 4.07. The van der Waals surface area contributed by atoms with Crippen LogP contribution in [0.1, 0.15) is 60.5 Å². The fourth-order valence-electron chi connectivity index (χ4n) is 2.80. The maximum absolute atomic E-state index is 13.0. The molecule has 0 saturated carbocycles. The zero-order valence-electron chi connectivity index (χ0n) is 12.8. The highest BCUT2D eigenvalue weighted by atomic mass is 19.1. The molecule has 1 aromatic carbocycles. The minimum Gasteiger partial charge on any atom is -0.359 e. The monoisotopic (exact) mass is 302 g/mol. The van der Waals surface area contributed by atoms with Crippen molar-refractivity contribution in [3.05, 3.63) is 53.2 Å². The second kappa shape index (κ2) is 5.91. The van der Waals surface area contributed by atoms with Crippen LogP contribution in [-0.4, -0.2) is 22.5 Å². The Morgan fingerprint density at radius 3 is 2.73 bits per heavy atom. The molecule has 3 rings (SSSR count). The summed E-state index contributed by atoms with van der Waals surface area (Å²) in [7, 11) is 0. The number of hydrogen-bond donors (Lipinski definition) is 0. The average Bonchev–Trinajstić information content (AvgIpc) is 3.16. The maximum atomic E-state index is 13.0. The SMILES string of the molecule is CC(C)c1cc([C@H]2CCCN2C(=O)c2ccc(F)cc2)on1. The number of likely N-dealkylation sites (tertiary alicyclic amines) is 1. The van der Waals surface area contributed by atoms with E-state index in [0.717, 1.165) is 24.3 Å². The highest BCUT2D eigenvalue weighted by Crippen LogP contribution is 2.34. The first kappa shape index (κ1) is 14.8. The van der Waals surface area contributed by atoms with E-state index in [4.69, 9.17) is 4.52 Å². The van der Waals surface area contributed by atoms with E-state index in [1.54, 1.807) is 4.90 Å². The zero-order chi connectivity index (χ0) is 15.7. The van der Waals surface area contributed by atoms with Crippen molar-refractivity contribution >= 4 is 5.91 Å². The molecule has 1 aliphatic rings. The summed E-state index contributed by atoms with van der Waals surface area (Å²) < 4.78 is 18.4. The molecule has 1 atom stereocenters. The van der Waals surface area contributed by atoms with E-state index >= 15 is 0 Å². The van der Waals surface area contributed by atoms with E-state index in [1.807, 2.05) is 6.07 Å². The van der Waals surface area contributed by atoms with Gasteiger partial charge in [0, 0.05) is 18.2 Å². The van der Waals surface area contributed by atoms with Crippen LogP contribution < -0.4 is 0 Å². The van der Waals surface area contributed by atoms with E-state index in [1.165, 1.54) is 24.3 Å². The quantitative estimate of drug-likeness (QED) is 0.863. The van der Waals surface area contributed by atoms with Crippen molar-refractivity contribution in [2.45, 2.75) is 38.6 Å². The minimum absolute atomic E-state index is 0.0856. The van der Waals surface area contributed by atoms with Crippen molar-refractivity contribution in [1.82, 2.24) is 10.1 Å². The van der Waals surface area contributed by atoms with Gasteiger partial charge in [-0.3, -0.25) is 4.79 Å². The van der Waals surface area contributed by atoms with Crippen LogP contribution in [0.25, 0.3) is 0 Å². The van der Waals surface area contributed by atoms with Gasteiger partial charge < -0.3 is 9.42 Å². The molecule has 0 spiro atoms. The molecular weight excluding hydrogens is 283 g/mol. The van der Waals surface area contributed by atoms with Gasteiger partial charge in [-0.25, -0.2) is 4.39 Å². The molecule has 0 N–H and O–H groups in total. The molecule has 0 bridgehead atoms. The number of halogens is 1. The van der Waals surface area contributed by atoms with Crippen molar-refractivity contribution < 1.29 is 13.7 Å². The van der Waals surface area contributed by atoms with Crippen LogP contribution in [0.4, 0.5) is 4.39 Å². The molecule has 1 fully saturated rings. The van der Waals surface area contributed by atoms with Gasteiger partial charge in [0.25, 0.3) is 5.91 Å². The van der Waals surface area contributed by atoms with Crippen LogP contribution in [-0.2, 0) is 0 Å². The predicted octanol–water partition coefficient (Wildman–Crippen LogP) is 3.91. The van der Waals surface area contributed by atoms with Gasteiger partial charge in [0.1, 0.15) is 5.82 Å². The number of carbonyl (C=O) groups is 1. The Bertz CT molecular complexity index is 664. The number of benzene rings is 1. The number of amides is 1. The van der Waals surface area contributed by atoms with Gasteiger partial charge in [-0.05, 0) is 43.0 Å². The lowest BCUT2D eigenvalue weighted by atomic mass is 10.1. The Hall–Kier alpha value is -2.17. The van der Waals surface area contributed by atoms with Crippen LogP contribution in [0.5, 0.6) is 0 Å². The highest BCUT2D eigenvalue weighted by Gasteiger charge is 2.33. The van der Waals surface area contributed by atoms with Crippen molar-refractivity contribution in [2.24, 2.45) is 0 Å². The van der Waals surface area contributed by atoms with Gasteiger partial charge in [0.2, 0.25) is 0 Å². The predicted molar refractivity (Wildman–Crippen MR) is 80.0 cm³/mol. The molecule has 0 unspecified atom stereocenters. The topological polar surface area (TPSA) is 46.3 Å². The first-order valence-corrected chi connectivity index (χ1v) is 7.59. The minimum atomic E-state index is -0.341. The van der Waals surface area contributed by atoms with Gasteiger partial charge in [0.15, 0.2) is 5.76 Å². The van der Waals surface area contributed by atoms with Crippen molar-refractivity contribution in [2.75, 3.05) is 6.54 Å². The van der Waals surface area contributed by atoms with Crippen molar-refractivity contribution in [3.8, 4) is 0 Å². The third-order valence-electron chi connectivity index (χ3n) is 4.07. The van der Waals surface area contributed by atoms with Gasteiger partial charge in [-0.15, -0.1) is 0 Å². The van der Waals surface area contributed by atoms with Gasteiger partial charge in [-0.2, -0.15) is 0 Å². The normalized spacial score (nSPS) is 18.2. The van der Waals surface area contributed by atoms with E-state index < -0.39 is 0 Å². The first-order valence-electron chi connectivity index (χ1n) is 7.59. The fourth-order valence-corrected chi connectivity index (χ4v) is 2.80. The zero-order valence-corrected chi connectivity index (χ0v) is 12.8. The molecule has 2 aromatic rings. The van der Waals surface area contributed by atoms with Crippen LogP contribution in [0.2, 0.25) is 0 Å². The summed E-state index contributed by atoms with van der Waals surface area (Å²) in [6.07, 6.45) is 1.79. The molecule has 5 heteroatoms. The van der Waals surface area contributed by atoms with Gasteiger partial charge >= 0.3 is 0 Å². The average molecular weight is 302 g/mol. The standard InChI is InChI=1S/C17H19FN2O2/c1-11(2)14-10-16(22-19-14)15-4-3-9-20(15)17(21)12-5-7-13(18)8-6-12/h5-8,10-11,15H,3-4,9H2,1-2H3/t15-/m1/s1. The largest absolute Gasteiger partial charge is 0.359 e. The Morgan fingerprint density at radius 2 is 2.09 bits per heavy atom. The molecular formula is C17H19FN2O2. The van der Waals surface area contributed by atoms with Crippen LogP contribution in [0, 0.1) is 5.82 Å². The summed E-state index contributed by atoms with van der Waals surface area (Å²) in [6, 6.07) is 7.51. The van der Waals surface area contributed by atoms with E-state index in [0.29, 0.717) is 18.0 Å². The Kier molecular flexibility index (Phi) is 3.96. The molecule has 1 aromatic heterocycles. The number of carbonyl (C=O) groups excluding carboxylic acids is 1. The summed E-state index contributed by atoms with van der Waals surface area (Å²) in [4.78, 5) is 14.4. The number of nitrogens with zero attached hydrogens (tertiary/aromatic N) is 2. The van der Waals surface area contributed by atoms with Crippen LogP contribution >= 0.6 is 0 Å². The fraction of sp³-hybridized carbons (Fsp3) is 0.412. The molecule has 1 saturated heterocycles. The summed E-state index contributed by atoms with van der Waals surface area (Å²) in [5, 5.41) is 4.08. The molecule has 1 amide bonds. The Labute approximate surface area is 128 Å². The number of aromatic nitrogens is 1. The maximum Gasteiger partial charge on any atom is 0.254 e. The van der Waals surface area contributed by atoms with E-state index in [9.17, 15) is 9.18 Å². The summed E-state index contributed by atoms with van der Waals surface area (Å²) in [5.74, 6) is 0.591. The van der Waals surface area contributed by atoms with Gasteiger partial charge in [0.05, 0.1) is 11.7 Å². The molecule has 116 valence electrons. The van der Waals surface area contributed by atoms with E-state index in [-0.39, 0.29) is 17.8 Å². The summed E-state index contributed by atoms with van der Waals surface area (Å²) in [5.41, 5.74) is 1.40. The lowest BCUT2D eigenvalue weighted by Crippen LogP contribution is -2.30. The molecule has 0 radical (unpaired) electrons. The Balaban J connectivity index is 1.83. The van der Waals surface area contributed by atoms with Crippen molar-refractivity contribution in [1.29, 1.82) is 0 Å². The lowest BCUT2D eigenvalue weighted by Gasteiger charge is -2.22. The lowest BCUT2D eigenvalue weighted by molar-refractivity contribution is 0.0714. The summed E-state index contributed by atoms with van der Waals surface area (Å²) >= 11 is 0. The molecule has 22 heavy (non-hydrogen) atoms. The second-order valence-electron chi connectivity index (χ2n) is 5.97. The number of rotatable bonds is 3. The van der Waals surface area contributed by atoms with E-state index in [2.05, 4.69) is 19.0 Å². The molecule has 2 heterocycles. The van der Waals surface area contributed by atoms with Gasteiger partial charge in [-0.1, -0.05) is 19.0 Å². The second-order valence-corrected chi connectivity index (χ2v) is 5.97. The number of hydrogen-bond acceptors (Lipinski definition) is 3. The highest BCUT2D eigenvalue weighted by molar-refractivity contribution is 5.94.